The first kappa shape index (κ1) is 23.5. The lowest BCUT2D eigenvalue weighted by Crippen LogP contribution is -2.59. The number of likely N-dealkylation sites (tertiary alicyclic amines) is 1. The molecule has 0 spiro atoms. The number of hydrogen-bond donors (Lipinski definition) is 2. The van der Waals surface area contributed by atoms with Crippen molar-refractivity contribution in [2.24, 2.45) is 11.8 Å². The summed E-state index contributed by atoms with van der Waals surface area (Å²) in [4.78, 5) is 22.2. The molecule has 6 rings (SSSR count). The maximum Gasteiger partial charge on any atom is 0.410 e. The maximum atomic E-state index is 15.3. The van der Waals surface area contributed by atoms with Crippen molar-refractivity contribution in [3.8, 4) is 17.1 Å². The van der Waals surface area contributed by atoms with Crippen LogP contribution < -0.4 is 10.1 Å². The number of rotatable bonds is 6. The van der Waals surface area contributed by atoms with Crippen LogP contribution in [-0.4, -0.2) is 74.4 Å². The number of benzene rings is 1. The normalized spacial score (nSPS) is 23.9. The summed E-state index contributed by atoms with van der Waals surface area (Å²) >= 11 is 0. The number of fused-ring (bicyclic) bond motifs is 2. The van der Waals surface area contributed by atoms with Crippen LogP contribution in [-0.2, 0) is 9.47 Å². The number of nitrogens with zero attached hydrogens (tertiary/aromatic N) is 5. The second kappa shape index (κ2) is 9.21. The number of aromatic nitrogens is 5. The number of ether oxygens (including phenoxy) is 3. The summed E-state index contributed by atoms with van der Waals surface area (Å²) in [5.74, 6) is -2.30. The van der Waals surface area contributed by atoms with Gasteiger partial charge in [0.2, 0.25) is 5.82 Å². The molecule has 2 bridgehead atoms. The van der Waals surface area contributed by atoms with Gasteiger partial charge in [-0.05, 0) is 31.9 Å². The lowest BCUT2D eigenvalue weighted by molar-refractivity contribution is -0.112. The molecule has 11 nitrogen and oxygen atoms in total. The number of anilines is 2. The van der Waals surface area contributed by atoms with Crippen LogP contribution in [0.1, 0.15) is 19.8 Å². The molecule has 4 heterocycles. The van der Waals surface area contributed by atoms with Crippen LogP contribution in [0.5, 0.6) is 5.88 Å². The average molecular weight is 514 g/mol. The predicted octanol–water partition coefficient (Wildman–Crippen LogP) is 3.30. The molecule has 2 unspecified atom stereocenters. The van der Waals surface area contributed by atoms with Gasteiger partial charge in [0.15, 0.2) is 5.82 Å². The molecule has 2 aromatic heterocycles. The Hall–Kier alpha value is -3.87. The first-order valence-electron chi connectivity index (χ1n) is 12.0. The van der Waals surface area contributed by atoms with Gasteiger partial charge in [0, 0.05) is 30.5 Å². The molecule has 1 amide bonds. The van der Waals surface area contributed by atoms with Gasteiger partial charge >= 0.3 is 6.09 Å². The highest BCUT2D eigenvalue weighted by molar-refractivity contribution is 5.69. The highest BCUT2D eigenvalue weighted by Crippen LogP contribution is 2.40. The zero-order chi connectivity index (χ0) is 25.6. The Bertz CT molecular complexity index is 1290. The van der Waals surface area contributed by atoms with E-state index in [2.05, 4.69) is 30.7 Å². The number of nitrogens with one attached hydrogen (secondary N) is 2. The van der Waals surface area contributed by atoms with Crippen molar-refractivity contribution in [2.45, 2.75) is 31.5 Å². The molecule has 3 aliphatic rings. The van der Waals surface area contributed by atoms with Gasteiger partial charge in [0.1, 0.15) is 29.5 Å². The summed E-state index contributed by atoms with van der Waals surface area (Å²) in [7, 11) is 0. The third-order valence-corrected chi connectivity index (χ3v) is 6.99. The lowest BCUT2D eigenvalue weighted by Gasteiger charge is -2.46. The van der Waals surface area contributed by atoms with Gasteiger partial charge in [-0.3, -0.25) is 0 Å². The van der Waals surface area contributed by atoms with Crippen LogP contribution in [0.4, 0.5) is 25.1 Å². The predicted molar refractivity (Wildman–Crippen MR) is 125 cm³/mol. The molecule has 2 atom stereocenters. The van der Waals surface area contributed by atoms with Gasteiger partial charge in [-0.25, -0.2) is 14.2 Å². The highest BCUT2D eigenvalue weighted by atomic mass is 19.1. The van der Waals surface area contributed by atoms with Crippen LogP contribution in [0.15, 0.2) is 30.7 Å². The Kier molecular flexibility index (Phi) is 5.86. The van der Waals surface area contributed by atoms with Gasteiger partial charge in [-0.1, -0.05) is 6.07 Å². The number of hydrogen-bond acceptors (Lipinski definition) is 9. The zero-order valence-corrected chi connectivity index (χ0v) is 20.0. The quantitative estimate of drug-likeness (QED) is 0.510. The molecule has 2 aliphatic heterocycles. The van der Waals surface area contributed by atoms with Crippen molar-refractivity contribution in [3.63, 3.8) is 0 Å². The molecule has 2 saturated heterocycles. The first-order valence-corrected chi connectivity index (χ1v) is 12.0. The van der Waals surface area contributed by atoms with Crippen LogP contribution in [0.25, 0.3) is 11.3 Å². The van der Waals surface area contributed by atoms with Gasteiger partial charge < -0.3 is 24.4 Å². The summed E-state index contributed by atoms with van der Waals surface area (Å²) in [6.07, 6.45) is 3.60. The molecule has 1 aliphatic carbocycles. The summed E-state index contributed by atoms with van der Waals surface area (Å²) < 4.78 is 47.4. The number of amides is 1. The van der Waals surface area contributed by atoms with Crippen molar-refractivity contribution in [1.82, 2.24) is 30.3 Å². The number of carbonyl (C=O) groups is 1. The second-order valence-corrected chi connectivity index (χ2v) is 9.88. The SMILES string of the molecule is CC1(OC(=O)N2CC3COCC(C2)C3Oc2ncnc(Nc3ccc(-c4cn[nH]n4)cc3F)c2F)CC1. The number of halogens is 2. The molecule has 13 heteroatoms. The van der Waals surface area contributed by atoms with Crippen LogP contribution in [0.3, 0.4) is 0 Å². The molecule has 37 heavy (non-hydrogen) atoms. The summed E-state index contributed by atoms with van der Waals surface area (Å²) in [5, 5.41) is 12.8. The van der Waals surface area contributed by atoms with Crippen molar-refractivity contribution < 1.29 is 27.8 Å². The van der Waals surface area contributed by atoms with Gasteiger partial charge in [-0.15, -0.1) is 0 Å². The van der Waals surface area contributed by atoms with Crippen LogP contribution in [0, 0.1) is 23.5 Å². The van der Waals surface area contributed by atoms with E-state index in [0.717, 1.165) is 19.2 Å². The largest absolute Gasteiger partial charge is 0.471 e. The molecule has 3 aromatic rings. The third kappa shape index (κ3) is 4.78. The summed E-state index contributed by atoms with van der Waals surface area (Å²) in [6.45, 7) is 3.39. The second-order valence-electron chi connectivity index (χ2n) is 9.88. The Labute approximate surface area is 210 Å². The fourth-order valence-electron chi connectivity index (χ4n) is 4.69. The van der Waals surface area contributed by atoms with E-state index in [1.54, 1.807) is 11.0 Å². The molecular weight excluding hydrogens is 488 g/mol. The van der Waals surface area contributed by atoms with E-state index < -0.39 is 17.7 Å². The maximum absolute atomic E-state index is 15.3. The molecule has 3 fully saturated rings. The minimum atomic E-state index is -0.843. The van der Waals surface area contributed by atoms with E-state index in [1.165, 1.54) is 18.3 Å². The smallest absolute Gasteiger partial charge is 0.410 e. The van der Waals surface area contributed by atoms with Gasteiger partial charge in [-0.2, -0.15) is 24.8 Å². The lowest BCUT2D eigenvalue weighted by atomic mass is 9.84. The highest BCUT2D eigenvalue weighted by Gasteiger charge is 2.47. The number of H-pyrrole nitrogens is 1. The van der Waals surface area contributed by atoms with Crippen molar-refractivity contribution in [1.29, 1.82) is 0 Å². The molecule has 0 radical (unpaired) electrons. The third-order valence-electron chi connectivity index (χ3n) is 6.99. The van der Waals surface area contributed by atoms with E-state index >= 15 is 4.39 Å². The Balaban J connectivity index is 1.16. The van der Waals surface area contributed by atoms with Crippen LogP contribution in [0.2, 0.25) is 0 Å². The van der Waals surface area contributed by atoms with Gasteiger partial charge in [0.25, 0.3) is 5.88 Å². The van der Waals surface area contributed by atoms with Crippen molar-refractivity contribution in [2.75, 3.05) is 31.6 Å². The number of piperidine rings is 1. The fraction of sp³-hybridized carbons (Fsp3) is 0.458. The minimum Gasteiger partial charge on any atom is -0.471 e. The minimum absolute atomic E-state index is 0.0252. The van der Waals surface area contributed by atoms with E-state index in [9.17, 15) is 9.18 Å². The van der Waals surface area contributed by atoms with Crippen molar-refractivity contribution >= 4 is 17.6 Å². The van der Waals surface area contributed by atoms with E-state index in [4.69, 9.17) is 14.2 Å². The average Bonchev–Trinajstić information content (AvgIpc) is 3.35. The number of carbonyl (C=O) groups excluding carboxylic acids is 1. The Morgan fingerprint density at radius 2 is 2.00 bits per heavy atom. The van der Waals surface area contributed by atoms with Gasteiger partial charge in [0.05, 0.1) is 25.1 Å². The standard InChI is InChI=1S/C24H25F2N7O4/c1-24(4-5-24)37-23(34)33-8-14-10-35-11-15(9-33)20(14)36-22-19(26)21(27-12-28-22)30-17-3-2-13(6-16(17)25)18-7-29-32-31-18/h2-3,6-7,12,14-15,20H,4-5,8-11H2,1H3,(H,27,28,30)(H,29,31,32). The van der Waals surface area contributed by atoms with Crippen molar-refractivity contribution in [3.05, 3.63) is 42.4 Å². The molecule has 1 aromatic carbocycles. The topological polar surface area (TPSA) is 127 Å². The monoisotopic (exact) mass is 513 g/mol. The molecular formula is C24H25F2N7O4. The number of aromatic amines is 1. The Morgan fingerprint density at radius 1 is 1.22 bits per heavy atom. The molecule has 194 valence electrons. The molecule has 1 saturated carbocycles. The summed E-state index contributed by atoms with van der Waals surface area (Å²) in [6, 6.07) is 4.35. The van der Waals surface area contributed by atoms with E-state index in [-0.39, 0.29) is 40.9 Å². The Morgan fingerprint density at radius 3 is 2.68 bits per heavy atom. The zero-order valence-electron chi connectivity index (χ0n) is 20.0. The fourth-order valence-corrected chi connectivity index (χ4v) is 4.69. The van der Waals surface area contributed by atoms with Crippen LogP contribution >= 0.6 is 0 Å². The molecule has 2 N–H and O–H groups in total. The first-order chi connectivity index (χ1) is 17.9. The van der Waals surface area contributed by atoms with E-state index in [0.29, 0.717) is 37.6 Å². The summed E-state index contributed by atoms with van der Waals surface area (Å²) in [5.41, 5.74) is 0.654. The van der Waals surface area contributed by atoms with E-state index in [1.807, 2.05) is 6.92 Å².